The van der Waals surface area contributed by atoms with Crippen molar-refractivity contribution in [1.29, 1.82) is 0 Å². The summed E-state index contributed by atoms with van der Waals surface area (Å²) in [5.41, 5.74) is 3.49. The van der Waals surface area contributed by atoms with Crippen LogP contribution in [0.3, 0.4) is 0 Å². The molecule has 2 saturated heterocycles. The first-order chi connectivity index (χ1) is 16.0. The molecule has 3 fully saturated rings. The summed E-state index contributed by atoms with van der Waals surface area (Å²) < 4.78 is 0. The highest BCUT2D eigenvalue weighted by Gasteiger charge is 2.36. The van der Waals surface area contributed by atoms with Crippen LogP contribution in [0.5, 0.6) is 0 Å². The number of nitrogens with one attached hydrogen (secondary N) is 2. The van der Waals surface area contributed by atoms with Gasteiger partial charge in [-0.05, 0) is 74.3 Å². The van der Waals surface area contributed by atoms with Crippen LogP contribution in [0.2, 0.25) is 0 Å². The van der Waals surface area contributed by atoms with E-state index in [9.17, 15) is 9.59 Å². The molecule has 3 amide bonds. The third kappa shape index (κ3) is 4.45. The Balaban J connectivity index is 1.46. The van der Waals surface area contributed by atoms with Gasteiger partial charge < -0.3 is 20.4 Å². The van der Waals surface area contributed by atoms with Gasteiger partial charge in [0.25, 0.3) is 5.91 Å². The lowest BCUT2D eigenvalue weighted by Gasteiger charge is -2.27. The van der Waals surface area contributed by atoms with Gasteiger partial charge in [-0.15, -0.1) is 0 Å². The number of hydrogen-bond acceptors (Lipinski definition) is 4. The van der Waals surface area contributed by atoms with Crippen molar-refractivity contribution < 1.29 is 9.59 Å². The molecule has 0 radical (unpaired) electrons. The number of amides is 3. The first-order valence-corrected chi connectivity index (χ1v) is 11.8. The van der Waals surface area contributed by atoms with Gasteiger partial charge in [0, 0.05) is 31.4 Å². The summed E-state index contributed by atoms with van der Waals surface area (Å²) in [6, 6.07) is 15.0. The minimum atomic E-state index is -0.997. The highest BCUT2D eigenvalue weighted by Crippen LogP contribution is 2.36. The van der Waals surface area contributed by atoms with Crippen molar-refractivity contribution in [1.82, 2.24) is 10.2 Å². The Labute approximate surface area is 194 Å². The number of hydrogen-bond donors (Lipinski definition) is 2. The maximum Gasteiger partial charge on any atom is 0.321 e. The molecule has 1 aliphatic carbocycles. The quantitative estimate of drug-likeness (QED) is 0.731. The van der Waals surface area contributed by atoms with Crippen LogP contribution < -0.4 is 15.5 Å². The Morgan fingerprint density at radius 2 is 1.70 bits per heavy atom. The van der Waals surface area contributed by atoms with Crippen LogP contribution in [0.15, 0.2) is 53.5 Å². The average Bonchev–Trinajstić information content (AvgIpc) is 3.18. The van der Waals surface area contributed by atoms with Gasteiger partial charge in [-0.25, -0.2) is 9.79 Å². The lowest BCUT2D eigenvalue weighted by molar-refractivity contribution is -0.119. The molecule has 0 aromatic heterocycles. The molecule has 4 aliphatic rings. The van der Waals surface area contributed by atoms with Crippen LogP contribution in [0.4, 0.5) is 16.2 Å². The smallest absolute Gasteiger partial charge is 0.321 e. The molecule has 1 unspecified atom stereocenters. The highest BCUT2D eigenvalue weighted by molar-refractivity contribution is 6.12. The molecule has 2 aromatic carbocycles. The van der Waals surface area contributed by atoms with Crippen LogP contribution in [-0.2, 0) is 4.79 Å². The van der Waals surface area contributed by atoms with Gasteiger partial charge in [0.05, 0.1) is 5.69 Å². The highest BCUT2D eigenvalue weighted by atomic mass is 16.4. The third-order valence-electron chi connectivity index (χ3n) is 7.09. The topological polar surface area (TPSA) is 77.0 Å². The molecule has 0 spiro atoms. The number of likely N-dealkylation sites (N-methyl/N-ethyl adjacent to an activating group) is 1. The summed E-state index contributed by atoms with van der Waals surface area (Å²) in [7, 11) is 1.75. The fraction of sp³-hybridized carbons (Fsp3) is 0.423. The van der Waals surface area contributed by atoms with Gasteiger partial charge in [0.2, 0.25) is 6.17 Å². The summed E-state index contributed by atoms with van der Waals surface area (Å²) in [6.07, 6.45) is 4.04. The fourth-order valence-corrected chi connectivity index (χ4v) is 5.33. The monoisotopic (exact) mass is 447 g/mol. The number of aliphatic imine (C=N–C) groups is 1. The van der Waals surface area contributed by atoms with E-state index in [4.69, 9.17) is 4.99 Å². The Bertz CT molecular complexity index is 1080. The molecule has 7 nitrogen and oxygen atoms in total. The molecular formula is C26H31N5O2. The summed E-state index contributed by atoms with van der Waals surface area (Å²) in [5.74, 6) is 1.87. The van der Waals surface area contributed by atoms with E-state index in [-0.39, 0.29) is 5.91 Å². The van der Waals surface area contributed by atoms with Crippen molar-refractivity contribution in [2.75, 3.05) is 30.4 Å². The Morgan fingerprint density at radius 3 is 2.39 bits per heavy atom. The van der Waals surface area contributed by atoms with Crippen molar-refractivity contribution in [3.63, 3.8) is 0 Å². The van der Waals surface area contributed by atoms with Gasteiger partial charge in [0.15, 0.2) is 0 Å². The minimum Gasteiger partial charge on any atom is -0.356 e. The third-order valence-corrected chi connectivity index (χ3v) is 7.09. The van der Waals surface area contributed by atoms with E-state index in [0.29, 0.717) is 17.5 Å². The van der Waals surface area contributed by atoms with Gasteiger partial charge in [-0.3, -0.25) is 4.79 Å². The summed E-state index contributed by atoms with van der Waals surface area (Å²) in [5, 5.41) is 5.64. The predicted molar refractivity (Wildman–Crippen MR) is 131 cm³/mol. The molecule has 7 heteroatoms. The second-order valence-electron chi connectivity index (χ2n) is 9.53. The summed E-state index contributed by atoms with van der Waals surface area (Å²) in [4.78, 5) is 35.0. The largest absolute Gasteiger partial charge is 0.356 e. The predicted octanol–water partition coefficient (Wildman–Crippen LogP) is 3.99. The number of amidine groups is 1. The first kappa shape index (κ1) is 21.5. The number of rotatable bonds is 2. The fourth-order valence-electron chi connectivity index (χ4n) is 5.33. The SMILES string of the molecule is Cc1cccc(N[14C](=O)NC2N=C(N3CC4CCC(CC4)C3)c3ccccc3N(C)C2=O)c1. The summed E-state index contributed by atoms with van der Waals surface area (Å²) >= 11 is 0. The molecule has 1 atom stereocenters. The first-order valence-electron chi connectivity index (χ1n) is 11.8. The molecule has 33 heavy (non-hydrogen) atoms. The van der Waals surface area contributed by atoms with Crippen molar-refractivity contribution in [3.05, 3.63) is 59.7 Å². The van der Waals surface area contributed by atoms with Gasteiger partial charge in [-0.2, -0.15) is 0 Å². The van der Waals surface area contributed by atoms with Crippen molar-refractivity contribution in [3.8, 4) is 0 Å². The van der Waals surface area contributed by atoms with E-state index in [1.165, 1.54) is 25.7 Å². The van der Waals surface area contributed by atoms with E-state index in [2.05, 4.69) is 15.5 Å². The van der Waals surface area contributed by atoms with E-state index in [1.54, 1.807) is 11.9 Å². The second kappa shape index (κ2) is 8.89. The number of carbonyl (C=O) groups excluding carboxylic acids is 2. The maximum absolute atomic E-state index is 13.3. The number of nitrogens with zero attached hydrogens (tertiary/aromatic N) is 3. The van der Waals surface area contributed by atoms with Crippen molar-refractivity contribution in [2.24, 2.45) is 16.8 Å². The molecular weight excluding hydrogens is 416 g/mol. The van der Waals surface area contributed by atoms with E-state index in [0.717, 1.165) is 35.7 Å². The number of benzene rings is 2. The van der Waals surface area contributed by atoms with E-state index >= 15 is 0 Å². The zero-order valence-electron chi connectivity index (χ0n) is 19.3. The Hall–Kier alpha value is -3.35. The van der Waals surface area contributed by atoms with Gasteiger partial charge in [-0.1, -0.05) is 24.3 Å². The number of urea groups is 1. The number of para-hydroxylation sites is 1. The second-order valence-corrected chi connectivity index (χ2v) is 9.53. The number of anilines is 2. The number of benzodiazepines with no additional fused rings is 1. The Kier molecular flexibility index (Phi) is 5.79. The minimum absolute atomic E-state index is 0.255. The molecule has 3 heterocycles. The molecule has 2 aromatic rings. The zero-order valence-corrected chi connectivity index (χ0v) is 19.3. The molecule has 1 saturated carbocycles. The normalized spacial score (nSPS) is 24.5. The maximum atomic E-state index is 13.3. The van der Waals surface area contributed by atoms with E-state index < -0.39 is 12.2 Å². The molecule has 3 aliphatic heterocycles. The van der Waals surface area contributed by atoms with Gasteiger partial charge in [0.1, 0.15) is 5.84 Å². The zero-order chi connectivity index (χ0) is 22.9. The Morgan fingerprint density at radius 1 is 1.00 bits per heavy atom. The van der Waals surface area contributed by atoms with Crippen LogP contribution in [0, 0.1) is 18.8 Å². The molecule has 2 bridgehead atoms. The standard InChI is InChI=1S/C26H31N5O2/c1-17-6-5-7-20(14-17)27-26(33)29-23-25(32)30(2)22-9-4-3-8-21(22)24(28-23)31-15-18-10-11-19(16-31)13-12-18/h3-9,14,18-19,23H,10-13,15-16H2,1-2H3,(H2,27,29,33)/i26+2. The van der Waals surface area contributed by atoms with Crippen LogP contribution in [0.1, 0.15) is 36.8 Å². The van der Waals surface area contributed by atoms with Gasteiger partial charge >= 0.3 is 6.03 Å². The van der Waals surface area contributed by atoms with Crippen LogP contribution in [-0.4, -0.2) is 49.0 Å². The van der Waals surface area contributed by atoms with Crippen LogP contribution in [0.25, 0.3) is 0 Å². The van der Waals surface area contributed by atoms with Crippen LogP contribution >= 0.6 is 0 Å². The lowest BCUT2D eigenvalue weighted by Crippen LogP contribution is -2.47. The van der Waals surface area contributed by atoms with E-state index in [1.807, 2.05) is 55.5 Å². The van der Waals surface area contributed by atoms with Crippen molar-refractivity contribution >= 4 is 29.1 Å². The molecule has 6 rings (SSSR count). The number of carbonyl (C=O) groups is 2. The number of aryl methyl sites for hydroxylation is 1. The average molecular weight is 448 g/mol. The lowest BCUT2D eigenvalue weighted by atomic mass is 9.84. The van der Waals surface area contributed by atoms with Crippen molar-refractivity contribution in [2.45, 2.75) is 38.8 Å². The molecule has 172 valence electrons. The molecule has 2 N–H and O–H groups in total. The summed E-state index contributed by atoms with van der Waals surface area (Å²) in [6.45, 7) is 3.86. The number of fused-ring (bicyclic) bond motifs is 5.